The molecule has 2 aromatic rings. The van der Waals surface area contributed by atoms with Gasteiger partial charge < -0.3 is 5.11 Å². The van der Waals surface area contributed by atoms with Gasteiger partial charge in [-0.25, -0.2) is 14.5 Å². The van der Waals surface area contributed by atoms with Gasteiger partial charge in [-0.3, -0.25) is 0 Å². The number of pyridine rings is 1. The quantitative estimate of drug-likeness (QED) is 0.924. The summed E-state index contributed by atoms with van der Waals surface area (Å²) in [4.78, 5) is 15.3. The Hall–Kier alpha value is -1.88. The first-order chi connectivity index (χ1) is 8.66. The van der Waals surface area contributed by atoms with Crippen molar-refractivity contribution >= 4 is 17.6 Å². The topological polar surface area (TPSA) is 68.0 Å². The summed E-state index contributed by atoms with van der Waals surface area (Å²) in [5, 5.41) is 13.9. The van der Waals surface area contributed by atoms with E-state index in [0.29, 0.717) is 16.8 Å². The second-order valence-corrected chi connectivity index (χ2v) is 4.66. The van der Waals surface area contributed by atoms with Crippen LogP contribution in [0.15, 0.2) is 24.4 Å². The van der Waals surface area contributed by atoms with Gasteiger partial charge in [-0.2, -0.15) is 5.10 Å². The molecule has 1 aliphatic rings. The Balaban J connectivity index is 2.15. The molecule has 5 nitrogen and oxygen atoms in total. The Morgan fingerprint density at radius 3 is 2.89 bits per heavy atom. The third-order valence-electron chi connectivity index (χ3n) is 2.88. The van der Waals surface area contributed by atoms with Crippen molar-refractivity contribution in [2.75, 3.05) is 0 Å². The van der Waals surface area contributed by atoms with Crippen molar-refractivity contribution in [1.29, 1.82) is 0 Å². The van der Waals surface area contributed by atoms with E-state index in [2.05, 4.69) is 10.1 Å². The maximum Gasteiger partial charge on any atom is 0.354 e. The van der Waals surface area contributed by atoms with Gasteiger partial charge in [0.2, 0.25) is 0 Å². The highest BCUT2D eigenvalue weighted by atomic mass is 35.5. The summed E-state index contributed by atoms with van der Waals surface area (Å²) in [5.74, 6) is -0.300. The van der Waals surface area contributed by atoms with Crippen LogP contribution in [0, 0.1) is 0 Å². The Bertz CT molecular complexity index is 620. The van der Waals surface area contributed by atoms with E-state index in [-0.39, 0.29) is 5.69 Å². The first-order valence-electron chi connectivity index (χ1n) is 5.61. The molecule has 1 N–H and O–H groups in total. The predicted octanol–water partition coefficient (Wildman–Crippen LogP) is 2.50. The summed E-state index contributed by atoms with van der Waals surface area (Å²) in [6.07, 6.45) is 3.68. The third kappa shape index (κ3) is 1.86. The molecule has 0 saturated heterocycles. The molecule has 0 atom stereocenters. The van der Waals surface area contributed by atoms with E-state index < -0.39 is 5.97 Å². The van der Waals surface area contributed by atoms with Gasteiger partial charge in [-0.1, -0.05) is 11.6 Å². The Morgan fingerprint density at radius 1 is 1.50 bits per heavy atom. The molecule has 1 aliphatic carbocycles. The summed E-state index contributed by atoms with van der Waals surface area (Å²) >= 11 is 6.02. The van der Waals surface area contributed by atoms with Crippen LogP contribution >= 0.6 is 11.6 Å². The van der Waals surface area contributed by atoms with Gasteiger partial charge >= 0.3 is 5.97 Å². The second kappa shape index (κ2) is 4.10. The van der Waals surface area contributed by atoms with Crippen molar-refractivity contribution < 1.29 is 9.90 Å². The summed E-state index contributed by atoms with van der Waals surface area (Å²) in [6, 6.07) is 4.95. The lowest BCUT2D eigenvalue weighted by Gasteiger charge is -2.04. The maximum absolute atomic E-state index is 11.2. The molecule has 0 bridgehead atoms. The molecule has 3 rings (SSSR count). The molecule has 0 spiro atoms. The Morgan fingerprint density at radius 2 is 2.28 bits per heavy atom. The highest BCUT2D eigenvalue weighted by molar-refractivity contribution is 6.32. The molecule has 0 aliphatic heterocycles. The minimum atomic E-state index is -1.03. The van der Waals surface area contributed by atoms with Gasteiger partial charge in [0.1, 0.15) is 0 Å². The van der Waals surface area contributed by atoms with Crippen molar-refractivity contribution in [2.24, 2.45) is 0 Å². The van der Waals surface area contributed by atoms with Gasteiger partial charge in [0.15, 0.2) is 11.5 Å². The lowest BCUT2D eigenvalue weighted by molar-refractivity contribution is 0.0687. The normalized spacial score (nSPS) is 14.7. The number of hydrogen-bond donors (Lipinski definition) is 1. The van der Waals surface area contributed by atoms with E-state index in [9.17, 15) is 9.90 Å². The molecule has 1 saturated carbocycles. The zero-order chi connectivity index (χ0) is 12.7. The monoisotopic (exact) mass is 263 g/mol. The standard InChI is InChI=1S/C12H10ClN3O2/c13-8-2-1-5-14-11(8)16-10(12(17)18)6-9(15-16)7-3-4-7/h1-2,5-7H,3-4H2,(H,17,18). The van der Waals surface area contributed by atoms with Crippen molar-refractivity contribution in [3.05, 3.63) is 40.8 Å². The summed E-state index contributed by atoms with van der Waals surface area (Å²) < 4.78 is 1.30. The van der Waals surface area contributed by atoms with Crippen LogP contribution in [0.3, 0.4) is 0 Å². The van der Waals surface area contributed by atoms with E-state index in [4.69, 9.17) is 11.6 Å². The largest absolute Gasteiger partial charge is 0.477 e. The smallest absolute Gasteiger partial charge is 0.354 e. The van der Waals surface area contributed by atoms with Gasteiger partial charge in [0.05, 0.1) is 10.7 Å². The fourth-order valence-electron chi connectivity index (χ4n) is 1.83. The first-order valence-corrected chi connectivity index (χ1v) is 5.99. The average molecular weight is 264 g/mol. The number of rotatable bonds is 3. The molecule has 0 aromatic carbocycles. The van der Waals surface area contributed by atoms with Crippen molar-refractivity contribution in [1.82, 2.24) is 14.8 Å². The SMILES string of the molecule is O=C(O)c1cc(C2CC2)nn1-c1ncccc1Cl. The minimum Gasteiger partial charge on any atom is -0.477 e. The summed E-state index contributed by atoms with van der Waals surface area (Å²) in [5.41, 5.74) is 0.895. The van der Waals surface area contributed by atoms with E-state index in [1.165, 1.54) is 4.68 Å². The molecule has 1 fully saturated rings. The zero-order valence-electron chi connectivity index (χ0n) is 9.38. The molecule has 92 valence electrons. The lowest BCUT2D eigenvalue weighted by atomic mass is 10.3. The first kappa shape index (κ1) is 11.2. The third-order valence-corrected chi connectivity index (χ3v) is 3.18. The van der Waals surface area contributed by atoms with Crippen molar-refractivity contribution in [2.45, 2.75) is 18.8 Å². The van der Waals surface area contributed by atoms with E-state index >= 15 is 0 Å². The van der Waals surface area contributed by atoms with Crippen LogP contribution in [-0.2, 0) is 0 Å². The van der Waals surface area contributed by atoms with Crippen LogP contribution < -0.4 is 0 Å². The molecule has 0 unspecified atom stereocenters. The molecule has 6 heteroatoms. The number of nitrogens with zero attached hydrogens (tertiary/aromatic N) is 3. The Labute approximate surface area is 108 Å². The molecular formula is C12H10ClN3O2. The fourth-order valence-corrected chi connectivity index (χ4v) is 2.03. The van der Waals surface area contributed by atoms with E-state index in [1.54, 1.807) is 24.4 Å². The molecule has 0 radical (unpaired) electrons. The maximum atomic E-state index is 11.2. The number of carboxylic acid groups (broad SMARTS) is 1. The van der Waals surface area contributed by atoms with Gasteiger partial charge in [-0.15, -0.1) is 0 Å². The molecule has 2 heterocycles. The van der Waals surface area contributed by atoms with Crippen LogP contribution in [0.4, 0.5) is 0 Å². The van der Waals surface area contributed by atoms with Crippen molar-refractivity contribution in [3.8, 4) is 5.82 Å². The number of carboxylic acids is 1. The fraction of sp³-hybridized carbons (Fsp3) is 0.250. The number of halogens is 1. The van der Waals surface area contributed by atoms with E-state index in [1.807, 2.05) is 0 Å². The van der Waals surface area contributed by atoms with Gasteiger partial charge in [0.25, 0.3) is 0 Å². The van der Waals surface area contributed by atoms with Crippen LogP contribution in [0.25, 0.3) is 5.82 Å². The summed E-state index contributed by atoms with van der Waals surface area (Å²) in [6.45, 7) is 0. The zero-order valence-corrected chi connectivity index (χ0v) is 10.1. The number of carbonyl (C=O) groups is 1. The highest BCUT2D eigenvalue weighted by Crippen LogP contribution is 2.39. The number of aromatic carboxylic acids is 1. The predicted molar refractivity (Wildman–Crippen MR) is 65.3 cm³/mol. The van der Waals surface area contributed by atoms with Gasteiger partial charge in [-0.05, 0) is 31.0 Å². The van der Waals surface area contributed by atoms with Crippen LogP contribution in [0.2, 0.25) is 5.02 Å². The molecular weight excluding hydrogens is 254 g/mol. The summed E-state index contributed by atoms with van der Waals surface area (Å²) in [7, 11) is 0. The van der Waals surface area contributed by atoms with Crippen LogP contribution in [-0.4, -0.2) is 25.8 Å². The average Bonchev–Trinajstić information content (AvgIpc) is 3.09. The Kier molecular flexibility index (Phi) is 2.56. The highest BCUT2D eigenvalue weighted by Gasteiger charge is 2.29. The van der Waals surface area contributed by atoms with Crippen LogP contribution in [0.1, 0.15) is 34.9 Å². The molecule has 18 heavy (non-hydrogen) atoms. The number of aromatic nitrogens is 3. The van der Waals surface area contributed by atoms with Crippen LogP contribution in [0.5, 0.6) is 0 Å². The second-order valence-electron chi connectivity index (χ2n) is 4.25. The van der Waals surface area contributed by atoms with Crippen molar-refractivity contribution in [3.63, 3.8) is 0 Å². The lowest BCUT2D eigenvalue weighted by Crippen LogP contribution is -2.09. The van der Waals surface area contributed by atoms with Gasteiger partial charge in [0, 0.05) is 12.1 Å². The van der Waals surface area contributed by atoms with E-state index in [0.717, 1.165) is 18.5 Å². The number of hydrogen-bond acceptors (Lipinski definition) is 3. The molecule has 2 aromatic heterocycles. The molecule has 0 amide bonds. The minimum absolute atomic E-state index is 0.0949.